The molecule has 0 aliphatic carbocycles. The lowest BCUT2D eigenvalue weighted by atomic mass is 10.1. The van der Waals surface area contributed by atoms with Crippen LogP contribution in [-0.2, 0) is 30.3 Å². The number of rotatable bonds is 8. The third-order valence-corrected chi connectivity index (χ3v) is 5.18. The maximum absolute atomic E-state index is 12.0. The van der Waals surface area contributed by atoms with Crippen LogP contribution < -0.4 is 11.2 Å². The van der Waals surface area contributed by atoms with E-state index in [2.05, 4.69) is 4.98 Å². The van der Waals surface area contributed by atoms with E-state index in [0.29, 0.717) is 0 Å². The minimum absolute atomic E-state index is 0.00993. The average molecular weight is 407 g/mol. The van der Waals surface area contributed by atoms with Gasteiger partial charge in [0.25, 0.3) is 5.56 Å². The van der Waals surface area contributed by atoms with Crippen LogP contribution in [0.25, 0.3) is 0 Å². The first-order chi connectivity index (χ1) is 12.3. The third kappa shape index (κ3) is 4.85. The standard InChI is InChI=1S/C13H18N3O8PS/c1-21-11-10(24-25(20,26)22-6-2-4-14)8(7-17)23-12(11)16-5-3-9(18)15-13(16)19/h3,5,8,10-12,17H,2,6-7H2,1H3,(H,20,26)(H,15,18,19)/t8-,10-,11-,12-,25?/m1/s1. The lowest BCUT2D eigenvalue weighted by Gasteiger charge is -2.26. The van der Waals surface area contributed by atoms with Crippen molar-refractivity contribution in [3.8, 4) is 6.07 Å². The maximum Gasteiger partial charge on any atom is 0.330 e. The number of aromatic nitrogens is 2. The number of ether oxygens (including phenoxy) is 2. The molecule has 13 heteroatoms. The van der Waals surface area contributed by atoms with E-state index in [1.807, 2.05) is 6.07 Å². The van der Waals surface area contributed by atoms with Gasteiger partial charge in [-0.05, 0) is 11.8 Å². The maximum atomic E-state index is 12.0. The van der Waals surface area contributed by atoms with Crippen LogP contribution in [0.2, 0.25) is 0 Å². The molecular formula is C13H18N3O8PS. The van der Waals surface area contributed by atoms with Crippen molar-refractivity contribution in [3.05, 3.63) is 33.1 Å². The van der Waals surface area contributed by atoms with Gasteiger partial charge in [-0.1, -0.05) is 0 Å². The van der Waals surface area contributed by atoms with Gasteiger partial charge in [-0.25, -0.2) is 4.79 Å². The topological polar surface area (TPSA) is 156 Å². The van der Waals surface area contributed by atoms with Crippen LogP contribution in [0.5, 0.6) is 0 Å². The Balaban J connectivity index is 2.26. The molecule has 1 fully saturated rings. The highest BCUT2D eigenvalue weighted by atomic mass is 32.5. The van der Waals surface area contributed by atoms with Gasteiger partial charge in [0, 0.05) is 19.4 Å². The second-order valence-corrected chi connectivity index (χ2v) is 8.04. The van der Waals surface area contributed by atoms with Crippen LogP contribution in [-0.4, -0.2) is 58.2 Å². The van der Waals surface area contributed by atoms with Crippen LogP contribution in [0.15, 0.2) is 21.9 Å². The Morgan fingerprint density at radius 3 is 2.81 bits per heavy atom. The van der Waals surface area contributed by atoms with Crippen molar-refractivity contribution in [3.63, 3.8) is 0 Å². The minimum Gasteiger partial charge on any atom is -0.394 e. The molecular weight excluding hydrogens is 389 g/mol. The molecule has 26 heavy (non-hydrogen) atoms. The van der Waals surface area contributed by atoms with Gasteiger partial charge in [-0.15, -0.1) is 0 Å². The molecule has 0 bridgehead atoms. The summed E-state index contributed by atoms with van der Waals surface area (Å²) in [6.07, 6.45) is -2.78. The van der Waals surface area contributed by atoms with Crippen LogP contribution in [0, 0.1) is 11.3 Å². The molecule has 2 heterocycles. The quantitative estimate of drug-likeness (QED) is 0.360. The summed E-state index contributed by atoms with van der Waals surface area (Å²) in [6.45, 7) is -4.37. The SMILES string of the molecule is CO[C@@H]1[C@H](OP(O)(=S)OCCC#N)[C@@H](CO)O[C@H]1n1ccc(=O)[nH]c1=O. The Kier molecular flexibility index (Phi) is 7.22. The van der Waals surface area contributed by atoms with Crippen LogP contribution in [0.1, 0.15) is 12.6 Å². The number of nitrogens with zero attached hydrogens (tertiary/aromatic N) is 2. The van der Waals surface area contributed by atoms with E-state index < -0.39 is 49.1 Å². The fourth-order valence-corrected chi connectivity index (χ4v) is 3.94. The molecule has 1 aromatic heterocycles. The van der Waals surface area contributed by atoms with Crippen LogP contribution in [0.3, 0.4) is 0 Å². The fraction of sp³-hybridized carbons (Fsp3) is 0.615. The molecule has 0 amide bonds. The predicted octanol–water partition coefficient (Wildman–Crippen LogP) is -1.03. The first-order valence-electron chi connectivity index (χ1n) is 7.46. The molecule has 11 nitrogen and oxygen atoms in total. The molecule has 1 saturated heterocycles. The van der Waals surface area contributed by atoms with Crippen molar-refractivity contribution in [2.24, 2.45) is 0 Å². The van der Waals surface area contributed by atoms with Crippen LogP contribution >= 0.6 is 6.72 Å². The summed E-state index contributed by atoms with van der Waals surface area (Å²) in [7, 11) is 1.32. The van der Waals surface area contributed by atoms with E-state index in [1.54, 1.807) is 0 Å². The van der Waals surface area contributed by atoms with Gasteiger partial charge in [0.2, 0.25) is 0 Å². The number of aliphatic hydroxyl groups is 1. The van der Waals surface area contributed by atoms with Crippen molar-refractivity contribution in [2.75, 3.05) is 20.3 Å². The smallest absolute Gasteiger partial charge is 0.330 e. The summed E-state index contributed by atoms with van der Waals surface area (Å²) in [5, 5.41) is 18.1. The molecule has 1 aliphatic rings. The summed E-state index contributed by atoms with van der Waals surface area (Å²) in [5.74, 6) is 0. The van der Waals surface area contributed by atoms with Crippen molar-refractivity contribution >= 4 is 18.5 Å². The Morgan fingerprint density at radius 1 is 1.50 bits per heavy atom. The molecule has 5 atom stereocenters. The van der Waals surface area contributed by atoms with E-state index >= 15 is 0 Å². The zero-order valence-corrected chi connectivity index (χ0v) is 15.4. The molecule has 1 aliphatic heterocycles. The predicted molar refractivity (Wildman–Crippen MR) is 90.7 cm³/mol. The number of aliphatic hydroxyl groups excluding tert-OH is 1. The Bertz CT molecular complexity index is 821. The van der Waals surface area contributed by atoms with E-state index in [4.69, 9.17) is 35.6 Å². The monoisotopic (exact) mass is 407 g/mol. The molecule has 1 unspecified atom stereocenters. The molecule has 2 rings (SSSR count). The fourth-order valence-electron chi connectivity index (χ4n) is 2.48. The van der Waals surface area contributed by atoms with Gasteiger partial charge >= 0.3 is 12.4 Å². The molecule has 1 aromatic rings. The lowest BCUT2D eigenvalue weighted by molar-refractivity contribution is -0.0625. The number of hydrogen-bond donors (Lipinski definition) is 3. The summed E-state index contributed by atoms with van der Waals surface area (Å²) < 4.78 is 22.4. The van der Waals surface area contributed by atoms with Crippen molar-refractivity contribution in [1.29, 1.82) is 5.26 Å². The van der Waals surface area contributed by atoms with E-state index in [-0.39, 0.29) is 13.0 Å². The molecule has 0 radical (unpaired) electrons. The number of aromatic amines is 1. The zero-order chi connectivity index (χ0) is 19.3. The summed E-state index contributed by atoms with van der Waals surface area (Å²) in [5.41, 5.74) is -1.32. The highest BCUT2D eigenvalue weighted by molar-refractivity contribution is 8.07. The third-order valence-electron chi connectivity index (χ3n) is 3.59. The normalized spacial score (nSPS) is 27.8. The van der Waals surface area contributed by atoms with Gasteiger partial charge in [0.05, 0.1) is 25.7 Å². The summed E-state index contributed by atoms with van der Waals surface area (Å²) >= 11 is 4.90. The number of nitriles is 1. The van der Waals surface area contributed by atoms with Crippen LogP contribution in [0.4, 0.5) is 0 Å². The molecule has 144 valence electrons. The Labute approximate surface area is 152 Å². The van der Waals surface area contributed by atoms with Gasteiger partial charge in [-0.2, -0.15) is 5.26 Å². The van der Waals surface area contributed by atoms with E-state index in [0.717, 1.165) is 10.6 Å². The second kappa shape index (κ2) is 8.98. The highest BCUT2D eigenvalue weighted by Gasteiger charge is 2.49. The average Bonchev–Trinajstić information content (AvgIpc) is 2.91. The highest BCUT2D eigenvalue weighted by Crippen LogP contribution is 2.49. The van der Waals surface area contributed by atoms with E-state index in [9.17, 15) is 19.6 Å². The summed E-state index contributed by atoms with van der Waals surface area (Å²) in [4.78, 5) is 35.4. The van der Waals surface area contributed by atoms with Gasteiger partial charge < -0.3 is 24.0 Å². The van der Waals surface area contributed by atoms with Gasteiger partial charge in [0.1, 0.15) is 18.3 Å². The van der Waals surface area contributed by atoms with Crippen molar-refractivity contribution in [1.82, 2.24) is 9.55 Å². The first-order valence-corrected chi connectivity index (χ1v) is 10.1. The number of nitrogens with one attached hydrogen (secondary N) is 1. The summed E-state index contributed by atoms with van der Waals surface area (Å²) in [6, 6.07) is 2.96. The number of hydrogen-bond acceptors (Lipinski definition) is 9. The van der Waals surface area contributed by atoms with Gasteiger partial charge in [0.15, 0.2) is 6.23 Å². The molecule has 0 saturated carbocycles. The second-order valence-electron chi connectivity index (χ2n) is 5.25. The number of H-pyrrole nitrogens is 1. The molecule has 0 aromatic carbocycles. The lowest BCUT2D eigenvalue weighted by Crippen LogP contribution is -2.39. The van der Waals surface area contributed by atoms with Gasteiger partial charge in [-0.3, -0.25) is 18.9 Å². The first kappa shape index (κ1) is 20.9. The Hall–Kier alpha value is -1.42. The largest absolute Gasteiger partial charge is 0.394 e. The minimum atomic E-state index is -3.74. The van der Waals surface area contributed by atoms with Crippen molar-refractivity contribution < 1.29 is 28.5 Å². The van der Waals surface area contributed by atoms with Crippen molar-refractivity contribution in [2.45, 2.75) is 31.0 Å². The number of methoxy groups -OCH3 is 1. The Morgan fingerprint density at radius 2 is 2.23 bits per heavy atom. The molecule has 0 spiro atoms. The zero-order valence-electron chi connectivity index (χ0n) is 13.7. The molecule has 3 N–H and O–H groups in total. The van der Waals surface area contributed by atoms with E-state index in [1.165, 1.54) is 13.3 Å².